The van der Waals surface area contributed by atoms with Crippen molar-refractivity contribution in [2.75, 3.05) is 0 Å². The third kappa shape index (κ3) is 13.4. The number of epoxide rings is 1. The molecule has 0 aliphatic carbocycles. The molecular formula is C26H50O3. The lowest BCUT2D eigenvalue weighted by Crippen LogP contribution is -2.18. The Labute approximate surface area is 181 Å². The first-order valence-electron chi connectivity index (χ1n) is 13.0. The van der Waals surface area contributed by atoms with E-state index in [1.165, 1.54) is 89.9 Å². The Balaban J connectivity index is 2.00. The van der Waals surface area contributed by atoms with Gasteiger partial charge in [-0.1, -0.05) is 111 Å². The topological polar surface area (TPSA) is 49.8 Å². The number of aliphatic carboxylic acids is 1. The lowest BCUT2D eigenvalue weighted by molar-refractivity contribution is -0.142. The molecule has 0 aromatic heterocycles. The minimum absolute atomic E-state index is 0.134. The quantitative estimate of drug-likeness (QED) is 0.153. The third-order valence-electron chi connectivity index (χ3n) is 6.83. The van der Waals surface area contributed by atoms with Gasteiger partial charge in [-0.05, 0) is 31.6 Å². The van der Waals surface area contributed by atoms with Crippen LogP contribution in [0.3, 0.4) is 0 Å². The fraction of sp³-hybridized carbons (Fsp3) is 0.962. The summed E-state index contributed by atoms with van der Waals surface area (Å²) < 4.78 is 5.83. The van der Waals surface area contributed by atoms with Gasteiger partial charge in [0.25, 0.3) is 0 Å². The van der Waals surface area contributed by atoms with Crippen LogP contribution in [-0.2, 0) is 9.53 Å². The Morgan fingerprint density at radius 3 is 1.86 bits per heavy atom. The zero-order valence-corrected chi connectivity index (χ0v) is 19.8. The molecule has 0 aromatic rings. The number of ether oxygens (including phenoxy) is 1. The van der Waals surface area contributed by atoms with Crippen LogP contribution in [0.4, 0.5) is 0 Å². The molecule has 172 valence electrons. The van der Waals surface area contributed by atoms with Crippen molar-refractivity contribution in [2.45, 2.75) is 149 Å². The maximum Gasteiger partial charge on any atom is 0.306 e. The van der Waals surface area contributed by atoms with Crippen LogP contribution >= 0.6 is 0 Å². The molecule has 29 heavy (non-hydrogen) atoms. The first-order chi connectivity index (χ1) is 14.1. The van der Waals surface area contributed by atoms with Crippen LogP contribution in [0.2, 0.25) is 0 Å². The fourth-order valence-electron chi connectivity index (χ4n) is 4.63. The average molecular weight is 411 g/mol. The maximum absolute atomic E-state index is 11.6. The molecule has 1 aliphatic heterocycles. The van der Waals surface area contributed by atoms with Crippen molar-refractivity contribution >= 4 is 5.97 Å². The van der Waals surface area contributed by atoms with Crippen LogP contribution in [0, 0.1) is 11.8 Å². The smallest absolute Gasteiger partial charge is 0.306 e. The zero-order valence-electron chi connectivity index (χ0n) is 19.8. The van der Waals surface area contributed by atoms with Crippen molar-refractivity contribution in [3.63, 3.8) is 0 Å². The summed E-state index contributed by atoms with van der Waals surface area (Å²) in [5.74, 6) is -0.124. The zero-order chi connectivity index (χ0) is 21.3. The average Bonchev–Trinajstić information content (AvgIpc) is 3.46. The van der Waals surface area contributed by atoms with Gasteiger partial charge in [0.15, 0.2) is 0 Å². The lowest BCUT2D eigenvalue weighted by Gasteiger charge is -2.19. The second-order valence-corrected chi connectivity index (χ2v) is 9.45. The van der Waals surface area contributed by atoms with Crippen molar-refractivity contribution in [3.05, 3.63) is 0 Å². The van der Waals surface area contributed by atoms with Crippen molar-refractivity contribution < 1.29 is 14.6 Å². The summed E-state index contributed by atoms with van der Waals surface area (Å²) in [4.78, 5) is 11.6. The Kier molecular flexibility index (Phi) is 15.6. The van der Waals surface area contributed by atoms with Gasteiger partial charge >= 0.3 is 5.97 Å². The van der Waals surface area contributed by atoms with E-state index in [0.29, 0.717) is 18.1 Å². The third-order valence-corrected chi connectivity index (χ3v) is 6.83. The van der Waals surface area contributed by atoms with Crippen LogP contribution in [0.5, 0.6) is 0 Å². The summed E-state index contributed by atoms with van der Waals surface area (Å²) in [6, 6.07) is 0. The summed E-state index contributed by atoms with van der Waals surface area (Å²) in [7, 11) is 0. The first kappa shape index (κ1) is 26.5. The molecule has 0 saturated carbocycles. The molecule has 0 amide bonds. The van der Waals surface area contributed by atoms with Gasteiger partial charge in [-0.3, -0.25) is 4.79 Å². The van der Waals surface area contributed by atoms with Crippen molar-refractivity contribution in [3.8, 4) is 0 Å². The fourth-order valence-corrected chi connectivity index (χ4v) is 4.63. The number of carboxylic acids is 1. The predicted molar refractivity (Wildman–Crippen MR) is 123 cm³/mol. The normalized spacial score (nSPS) is 20.5. The molecule has 1 N–H and O–H groups in total. The summed E-state index contributed by atoms with van der Waals surface area (Å²) in [5.41, 5.74) is 0. The first-order valence-corrected chi connectivity index (χ1v) is 13.0. The highest BCUT2D eigenvalue weighted by atomic mass is 16.6. The number of carboxylic acid groups (broad SMARTS) is 1. The van der Waals surface area contributed by atoms with E-state index in [1.807, 2.05) is 0 Å². The molecular weight excluding hydrogens is 360 g/mol. The van der Waals surface area contributed by atoms with Gasteiger partial charge in [0.1, 0.15) is 0 Å². The monoisotopic (exact) mass is 410 g/mol. The van der Waals surface area contributed by atoms with E-state index in [-0.39, 0.29) is 5.92 Å². The number of rotatable bonds is 21. The molecule has 0 radical (unpaired) electrons. The SMILES string of the molecule is CCCCCCCCC1OC1CCCCCCC(CC(CC)CCCC)C(=O)O. The Morgan fingerprint density at radius 1 is 0.759 bits per heavy atom. The highest BCUT2D eigenvalue weighted by molar-refractivity contribution is 5.69. The van der Waals surface area contributed by atoms with Crippen LogP contribution < -0.4 is 0 Å². The van der Waals surface area contributed by atoms with Crippen LogP contribution in [-0.4, -0.2) is 23.3 Å². The van der Waals surface area contributed by atoms with Gasteiger partial charge < -0.3 is 9.84 Å². The van der Waals surface area contributed by atoms with E-state index in [4.69, 9.17) is 4.74 Å². The molecule has 1 saturated heterocycles. The Morgan fingerprint density at radius 2 is 1.31 bits per heavy atom. The summed E-state index contributed by atoms with van der Waals surface area (Å²) in [6.07, 6.45) is 22.9. The number of hydrogen-bond acceptors (Lipinski definition) is 2. The van der Waals surface area contributed by atoms with E-state index in [2.05, 4.69) is 20.8 Å². The minimum Gasteiger partial charge on any atom is -0.481 e. The molecule has 3 nitrogen and oxygen atoms in total. The molecule has 4 atom stereocenters. The molecule has 0 spiro atoms. The standard InChI is InChI=1S/C26H50O3/c1-4-7-9-10-11-15-19-24-25(29-24)20-16-13-12-14-18-23(26(27)28)21-22(6-3)17-8-5-2/h22-25H,4-21H2,1-3H3,(H,27,28). The van der Waals surface area contributed by atoms with Crippen molar-refractivity contribution in [1.82, 2.24) is 0 Å². The lowest BCUT2D eigenvalue weighted by atomic mass is 9.86. The van der Waals surface area contributed by atoms with Gasteiger partial charge in [0.2, 0.25) is 0 Å². The van der Waals surface area contributed by atoms with Crippen LogP contribution in [0.25, 0.3) is 0 Å². The van der Waals surface area contributed by atoms with Crippen LogP contribution in [0.1, 0.15) is 136 Å². The second kappa shape index (κ2) is 17.1. The van der Waals surface area contributed by atoms with Crippen molar-refractivity contribution in [2.24, 2.45) is 11.8 Å². The number of unbranched alkanes of at least 4 members (excludes halogenated alkanes) is 9. The molecule has 4 unspecified atom stereocenters. The van der Waals surface area contributed by atoms with Gasteiger partial charge in [0, 0.05) is 0 Å². The van der Waals surface area contributed by atoms with E-state index < -0.39 is 5.97 Å². The minimum atomic E-state index is -0.580. The molecule has 0 aromatic carbocycles. The van der Waals surface area contributed by atoms with E-state index in [9.17, 15) is 9.90 Å². The maximum atomic E-state index is 11.6. The summed E-state index contributed by atoms with van der Waals surface area (Å²) >= 11 is 0. The molecule has 1 fully saturated rings. The Hall–Kier alpha value is -0.570. The predicted octanol–water partition coefficient (Wildman–Crippen LogP) is 8.15. The molecule has 1 heterocycles. The highest BCUT2D eigenvalue weighted by Gasteiger charge is 2.36. The number of hydrogen-bond donors (Lipinski definition) is 1. The van der Waals surface area contributed by atoms with E-state index >= 15 is 0 Å². The van der Waals surface area contributed by atoms with E-state index in [1.54, 1.807) is 0 Å². The summed E-state index contributed by atoms with van der Waals surface area (Å²) in [6.45, 7) is 6.69. The molecule has 1 rings (SSSR count). The van der Waals surface area contributed by atoms with Gasteiger partial charge in [-0.15, -0.1) is 0 Å². The van der Waals surface area contributed by atoms with Crippen LogP contribution in [0.15, 0.2) is 0 Å². The molecule has 0 bridgehead atoms. The number of carbonyl (C=O) groups is 1. The molecule has 1 aliphatic rings. The van der Waals surface area contributed by atoms with Gasteiger partial charge in [-0.25, -0.2) is 0 Å². The summed E-state index contributed by atoms with van der Waals surface area (Å²) in [5, 5.41) is 9.57. The van der Waals surface area contributed by atoms with Crippen molar-refractivity contribution in [1.29, 1.82) is 0 Å². The highest BCUT2D eigenvalue weighted by Crippen LogP contribution is 2.32. The van der Waals surface area contributed by atoms with Gasteiger partial charge in [0.05, 0.1) is 18.1 Å². The second-order valence-electron chi connectivity index (χ2n) is 9.45. The largest absolute Gasteiger partial charge is 0.481 e. The molecule has 3 heteroatoms. The Bertz CT molecular complexity index is 395. The van der Waals surface area contributed by atoms with Gasteiger partial charge in [-0.2, -0.15) is 0 Å². The van der Waals surface area contributed by atoms with E-state index in [0.717, 1.165) is 25.7 Å².